The number of rotatable bonds is 6. The standard InChI is InChI=1S/C14H20N2O4S/c1-8(2)7-10(14(19)20-4)16-13(18)11-5-6-12(21-11)15-9(3)17/h5-6,8,10H,7H2,1-4H3,(H,15,17)(H,16,18). The van der Waals surface area contributed by atoms with Crippen molar-refractivity contribution in [3.8, 4) is 0 Å². The Labute approximate surface area is 127 Å². The molecule has 1 heterocycles. The molecule has 0 radical (unpaired) electrons. The number of carbonyl (C=O) groups is 3. The van der Waals surface area contributed by atoms with Crippen molar-refractivity contribution in [3.05, 3.63) is 17.0 Å². The molecule has 0 aliphatic rings. The highest BCUT2D eigenvalue weighted by Crippen LogP contribution is 2.22. The second kappa shape index (κ2) is 7.78. The molecule has 2 amide bonds. The molecular formula is C14H20N2O4S. The van der Waals surface area contributed by atoms with Crippen molar-refractivity contribution in [2.24, 2.45) is 5.92 Å². The number of hydrogen-bond donors (Lipinski definition) is 2. The summed E-state index contributed by atoms with van der Waals surface area (Å²) in [6.45, 7) is 5.32. The van der Waals surface area contributed by atoms with Gasteiger partial charge in [-0.3, -0.25) is 9.59 Å². The molecule has 0 aliphatic heterocycles. The molecule has 0 aromatic carbocycles. The lowest BCUT2D eigenvalue weighted by molar-refractivity contribution is -0.143. The molecule has 1 aromatic rings. The maximum Gasteiger partial charge on any atom is 0.328 e. The summed E-state index contributed by atoms with van der Waals surface area (Å²) in [5.41, 5.74) is 0. The molecule has 0 spiro atoms. The largest absolute Gasteiger partial charge is 0.467 e. The highest BCUT2D eigenvalue weighted by Gasteiger charge is 2.23. The number of methoxy groups -OCH3 is 1. The summed E-state index contributed by atoms with van der Waals surface area (Å²) in [5, 5.41) is 5.86. The zero-order chi connectivity index (χ0) is 16.0. The summed E-state index contributed by atoms with van der Waals surface area (Å²) in [5.74, 6) is -0.771. The SMILES string of the molecule is COC(=O)C(CC(C)C)NC(=O)c1ccc(NC(C)=O)s1. The van der Waals surface area contributed by atoms with Crippen LogP contribution in [0.4, 0.5) is 5.00 Å². The van der Waals surface area contributed by atoms with Crippen LogP contribution < -0.4 is 10.6 Å². The molecule has 0 saturated heterocycles. The Hall–Kier alpha value is -1.89. The third-order valence-corrected chi connectivity index (χ3v) is 3.63. The van der Waals surface area contributed by atoms with Gasteiger partial charge in [-0.05, 0) is 24.5 Å². The first-order valence-corrected chi connectivity index (χ1v) is 7.41. The zero-order valence-electron chi connectivity index (χ0n) is 12.6. The first-order valence-electron chi connectivity index (χ1n) is 6.59. The predicted octanol–water partition coefficient (Wildman–Crippen LogP) is 2.02. The zero-order valence-corrected chi connectivity index (χ0v) is 13.4. The van der Waals surface area contributed by atoms with Crippen LogP contribution in [-0.4, -0.2) is 30.9 Å². The minimum absolute atomic E-state index is 0.198. The summed E-state index contributed by atoms with van der Waals surface area (Å²) in [7, 11) is 1.29. The quantitative estimate of drug-likeness (QED) is 0.787. The van der Waals surface area contributed by atoms with Crippen molar-refractivity contribution in [1.82, 2.24) is 5.32 Å². The highest BCUT2D eigenvalue weighted by molar-refractivity contribution is 7.18. The van der Waals surface area contributed by atoms with Crippen molar-refractivity contribution < 1.29 is 19.1 Å². The minimum Gasteiger partial charge on any atom is -0.467 e. The molecular weight excluding hydrogens is 292 g/mol. The number of amides is 2. The second-order valence-corrected chi connectivity index (χ2v) is 6.11. The van der Waals surface area contributed by atoms with E-state index in [1.54, 1.807) is 12.1 Å². The van der Waals surface area contributed by atoms with E-state index in [-0.39, 0.29) is 17.7 Å². The lowest BCUT2D eigenvalue weighted by Gasteiger charge is -2.17. The first-order chi connectivity index (χ1) is 9.83. The molecule has 6 nitrogen and oxygen atoms in total. The van der Waals surface area contributed by atoms with E-state index in [0.717, 1.165) is 11.3 Å². The fourth-order valence-corrected chi connectivity index (χ4v) is 2.61. The van der Waals surface area contributed by atoms with Gasteiger partial charge < -0.3 is 15.4 Å². The van der Waals surface area contributed by atoms with Gasteiger partial charge in [-0.1, -0.05) is 13.8 Å². The molecule has 7 heteroatoms. The van der Waals surface area contributed by atoms with Crippen LogP contribution in [0.3, 0.4) is 0 Å². The summed E-state index contributed by atoms with van der Waals surface area (Å²) in [6.07, 6.45) is 0.502. The van der Waals surface area contributed by atoms with Gasteiger partial charge in [0.2, 0.25) is 5.91 Å². The summed E-state index contributed by atoms with van der Waals surface area (Å²) >= 11 is 1.15. The number of nitrogens with one attached hydrogen (secondary N) is 2. The number of ether oxygens (including phenoxy) is 1. The Morgan fingerprint density at radius 1 is 1.29 bits per heavy atom. The van der Waals surface area contributed by atoms with Gasteiger partial charge in [0.25, 0.3) is 5.91 Å². The molecule has 21 heavy (non-hydrogen) atoms. The van der Waals surface area contributed by atoms with Crippen LogP contribution in [0.5, 0.6) is 0 Å². The van der Waals surface area contributed by atoms with Crippen LogP contribution in [0.1, 0.15) is 36.9 Å². The van der Waals surface area contributed by atoms with E-state index in [0.29, 0.717) is 16.3 Å². The van der Waals surface area contributed by atoms with Gasteiger partial charge in [0.1, 0.15) is 6.04 Å². The molecule has 0 fully saturated rings. The molecule has 0 aliphatic carbocycles. The van der Waals surface area contributed by atoms with Crippen LogP contribution in [0, 0.1) is 5.92 Å². The molecule has 1 atom stereocenters. The third-order valence-electron chi connectivity index (χ3n) is 2.63. The van der Waals surface area contributed by atoms with Crippen molar-refractivity contribution >= 4 is 34.1 Å². The molecule has 1 unspecified atom stereocenters. The van der Waals surface area contributed by atoms with Crippen LogP contribution in [-0.2, 0) is 14.3 Å². The van der Waals surface area contributed by atoms with Crippen molar-refractivity contribution in [2.75, 3.05) is 12.4 Å². The van der Waals surface area contributed by atoms with Gasteiger partial charge in [0, 0.05) is 6.92 Å². The lowest BCUT2D eigenvalue weighted by Crippen LogP contribution is -2.42. The van der Waals surface area contributed by atoms with Crippen LogP contribution in [0.2, 0.25) is 0 Å². The number of thiophene rings is 1. The Balaban J connectivity index is 2.74. The summed E-state index contributed by atoms with van der Waals surface area (Å²) < 4.78 is 4.70. The van der Waals surface area contributed by atoms with Crippen LogP contribution in [0.15, 0.2) is 12.1 Å². The normalized spacial score (nSPS) is 11.9. The lowest BCUT2D eigenvalue weighted by atomic mass is 10.0. The molecule has 1 rings (SSSR count). The van der Waals surface area contributed by atoms with E-state index in [9.17, 15) is 14.4 Å². The fourth-order valence-electron chi connectivity index (χ4n) is 1.76. The van der Waals surface area contributed by atoms with E-state index in [2.05, 4.69) is 10.6 Å². The first kappa shape index (κ1) is 17.2. The third kappa shape index (κ3) is 5.55. The monoisotopic (exact) mass is 312 g/mol. The van der Waals surface area contributed by atoms with Gasteiger partial charge in [-0.25, -0.2) is 4.79 Å². The van der Waals surface area contributed by atoms with E-state index in [1.807, 2.05) is 13.8 Å². The number of carbonyl (C=O) groups excluding carboxylic acids is 3. The van der Waals surface area contributed by atoms with Crippen molar-refractivity contribution in [3.63, 3.8) is 0 Å². The maximum atomic E-state index is 12.1. The highest BCUT2D eigenvalue weighted by atomic mass is 32.1. The Morgan fingerprint density at radius 3 is 2.48 bits per heavy atom. The topological polar surface area (TPSA) is 84.5 Å². The Kier molecular flexibility index (Phi) is 6.36. The number of hydrogen-bond acceptors (Lipinski definition) is 5. The fraction of sp³-hybridized carbons (Fsp3) is 0.500. The number of anilines is 1. The maximum absolute atomic E-state index is 12.1. The Bertz CT molecular complexity index is 525. The predicted molar refractivity (Wildman–Crippen MR) is 81.3 cm³/mol. The Morgan fingerprint density at radius 2 is 1.95 bits per heavy atom. The van der Waals surface area contributed by atoms with E-state index < -0.39 is 12.0 Å². The molecule has 1 aromatic heterocycles. The summed E-state index contributed by atoms with van der Waals surface area (Å²) in [6, 6.07) is 2.58. The van der Waals surface area contributed by atoms with Gasteiger partial charge in [0.05, 0.1) is 17.0 Å². The molecule has 116 valence electrons. The van der Waals surface area contributed by atoms with E-state index in [4.69, 9.17) is 4.74 Å². The number of esters is 1. The van der Waals surface area contributed by atoms with Crippen LogP contribution in [0.25, 0.3) is 0 Å². The molecule has 2 N–H and O–H groups in total. The average Bonchev–Trinajstić information content (AvgIpc) is 2.84. The second-order valence-electron chi connectivity index (χ2n) is 5.02. The summed E-state index contributed by atoms with van der Waals surface area (Å²) in [4.78, 5) is 35.2. The smallest absolute Gasteiger partial charge is 0.328 e. The van der Waals surface area contributed by atoms with E-state index in [1.165, 1.54) is 14.0 Å². The average molecular weight is 312 g/mol. The van der Waals surface area contributed by atoms with Gasteiger partial charge >= 0.3 is 5.97 Å². The van der Waals surface area contributed by atoms with Crippen LogP contribution >= 0.6 is 11.3 Å². The molecule has 0 saturated carbocycles. The van der Waals surface area contributed by atoms with Gasteiger partial charge in [0.15, 0.2) is 0 Å². The van der Waals surface area contributed by atoms with Gasteiger partial charge in [-0.2, -0.15) is 0 Å². The molecule has 0 bridgehead atoms. The minimum atomic E-state index is -0.672. The van der Waals surface area contributed by atoms with E-state index >= 15 is 0 Å². The van der Waals surface area contributed by atoms with Gasteiger partial charge in [-0.15, -0.1) is 11.3 Å². The van der Waals surface area contributed by atoms with Crippen molar-refractivity contribution in [2.45, 2.75) is 33.2 Å². The van der Waals surface area contributed by atoms with Crippen molar-refractivity contribution in [1.29, 1.82) is 0 Å².